The third-order valence-electron chi connectivity index (χ3n) is 3.58. The van der Waals surface area contributed by atoms with Crippen molar-refractivity contribution in [3.63, 3.8) is 0 Å². The Hall–Kier alpha value is -0.810. The van der Waals surface area contributed by atoms with Crippen LogP contribution in [0, 0.1) is 0 Å². The summed E-state index contributed by atoms with van der Waals surface area (Å²) < 4.78 is 0.376. The van der Waals surface area contributed by atoms with Gasteiger partial charge in [-0.15, -0.1) is 0 Å². The van der Waals surface area contributed by atoms with Gasteiger partial charge in [-0.25, -0.2) is 4.98 Å². The number of anilines is 1. The van der Waals surface area contributed by atoms with Gasteiger partial charge >= 0.3 is 0 Å². The first-order valence-corrected chi connectivity index (χ1v) is 7.83. The third kappa shape index (κ3) is 3.14. The van der Waals surface area contributed by atoms with Crippen molar-refractivity contribution in [2.24, 2.45) is 5.73 Å². The van der Waals surface area contributed by atoms with Gasteiger partial charge in [0.25, 0.3) is 0 Å². The number of pyridine rings is 1. The molecule has 0 atom stereocenters. The number of thiocarbonyl (C=S) groups is 1. The van der Waals surface area contributed by atoms with Crippen LogP contribution in [-0.2, 0) is 0 Å². The minimum atomic E-state index is 0.376. The van der Waals surface area contributed by atoms with Gasteiger partial charge in [0, 0.05) is 23.1 Å². The summed E-state index contributed by atoms with van der Waals surface area (Å²) in [6, 6.07) is 3.76. The molecule has 1 aliphatic carbocycles. The van der Waals surface area contributed by atoms with Gasteiger partial charge < -0.3 is 11.1 Å². The first kappa shape index (κ1) is 13.6. The fraction of sp³-hybridized carbons (Fsp3) is 0.538. The predicted octanol–water partition coefficient (Wildman–Crippen LogP) is 2.80. The van der Waals surface area contributed by atoms with Crippen molar-refractivity contribution >= 4 is 34.8 Å². The molecule has 1 aromatic heterocycles. The van der Waals surface area contributed by atoms with Gasteiger partial charge in [-0.2, -0.15) is 11.8 Å². The smallest absolute Gasteiger partial charge is 0.126 e. The Bertz CT molecular complexity index is 428. The van der Waals surface area contributed by atoms with Crippen LogP contribution in [0.15, 0.2) is 18.3 Å². The minimum Gasteiger partial charge on any atom is -0.389 e. The lowest BCUT2D eigenvalue weighted by atomic mass is 10.1. The van der Waals surface area contributed by atoms with E-state index in [1.807, 2.05) is 23.9 Å². The van der Waals surface area contributed by atoms with Gasteiger partial charge in [-0.3, -0.25) is 0 Å². The van der Waals surface area contributed by atoms with E-state index >= 15 is 0 Å². The highest BCUT2D eigenvalue weighted by Gasteiger charge is 2.32. The van der Waals surface area contributed by atoms with Gasteiger partial charge in [0.1, 0.15) is 10.8 Å². The van der Waals surface area contributed by atoms with Gasteiger partial charge in [0.2, 0.25) is 0 Å². The van der Waals surface area contributed by atoms with Gasteiger partial charge in [0.05, 0.1) is 0 Å². The molecule has 1 aliphatic rings. The quantitative estimate of drug-likeness (QED) is 0.813. The molecule has 2 rings (SSSR count). The fourth-order valence-corrected chi connectivity index (χ4v) is 3.44. The molecule has 1 fully saturated rings. The first-order chi connectivity index (χ1) is 8.65. The topological polar surface area (TPSA) is 50.9 Å². The number of nitrogens with one attached hydrogen (secondary N) is 1. The Morgan fingerprint density at radius 2 is 2.28 bits per heavy atom. The molecule has 0 radical (unpaired) electrons. The number of nitrogens with zero attached hydrogens (tertiary/aromatic N) is 1. The molecule has 3 nitrogen and oxygen atoms in total. The molecule has 0 unspecified atom stereocenters. The summed E-state index contributed by atoms with van der Waals surface area (Å²) in [5.41, 5.74) is 6.49. The first-order valence-electron chi connectivity index (χ1n) is 6.20. The molecule has 0 spiro atoms. The van der Waals surface area contributed by atoms with Crippen LogP contribution >= 0.6 is 24.0 Å². The van der Waals surface area contributed by atoms with E-state index in [0.717, 1.165) is 17.9 Å². The number of nitrogens with two attached hydrogens (primary N) is 1. The molecule has 0 saturated heterocycles. The lowest BCUT2D eigenvalue weighted by Crippen LogP contribution is -2.30. The maximum absolute atomic E-state index is 5.62. The molecule has 1 heterocycles. The number of thioether (sulfide) groups is 1. The van der Waals surface area contributed by atoms with E-state index in [0.29, 0.717) is 9.74 Å². The molecular formula is C13H19N3S2. The number of aromatic nitrogens is 1. The van der Waals surface area contributed by atoms with E-state index in [1.54, 1.807) is 6.20 Å². The van der Waals surface area contributed by atoms with Gasteiger partial charge in [-0.05, 0) is 31.2 Å². The van der Waals surface area contributed by atoms with E-state index in [1.165, 1.54) is 25.7 Å². The SMILES string of the molecule is CSC1(CNc2cc(C(N)=S)ccn2)CCCC1. The third-order valence-corrected chi connectivity index (χ3v) is 5.24. The van der Waals surface area contributed by atoms with Crippen molar-refractivity contribution in [3.05, 3.63) is 23.9 Å². The van der Waals surface area contributed by atoms with E-state index in [9.17, 15) is 0 Å². The second kappa shape index (κ2) is 5.89. The summed E-state index contributed by atoms with van der Waals surface area (Å²) in [5.74, 6) is 0.862. The molecule has 18 heavy (non-hydrogen) atoms. The van der Waals surface area contributed by atoms with Crippen molar-refractivity contribution in [2.75, 3.05) is 18.1 Å². The zero-order chi connectivity index (χ0) is 13.0. The molecule has 0 aromatic carbocycles. The molecule has 0 aliphatic heterocycles. The Kier molecular flexibility index (Phi) is 4.45. The maximum atomic E-state index is 5.62. The largest absolute Gasteiger partial charge is 0.389 e. The highest BCUT2D eigenvalue weighted by atomic mass is 32.2. The molecule has 0 amide bonds. The molecule has 98 valence electrons. The average Bonchev–Trinajstić information content (AvgIpc) is 2.86. The van der Waals surface area contributed by atoms with Gasteiger partial charge in [0.15, 0.2) is 0 Å². The van der Waals surface area contributed by atoms with Gasteiger partial charge in [-0.1, -0.05) is 25.1 Å². The summed E-state index contributed by atoms with van der Waals surface area (Å²) in [6.07, 6.45) is 9.20. The summed E-state index contributed by atoms with van der Waals surface area (Å²) >= 11 is 6.94. The molecule has 3 N–H and O–H groups in total. The monoisotopic (exact) mass is 281 g/mol. The second-order valence-corrected chi connectivity index (χ2v) is 6.46. The Morgan fingerprint density at radius 1 is 1.56 bits per heavy atom. The normalized spacial score (nSPS) is 17.6. The lowest BCUT2D eigenvalue weighted by Gasteiger charge is -2.27. The summed E-state index contributed by atoms with van der Waals surface area (Å²) in [4.78, 5) is 4.73. The van der Waals surface area contributed by atoms with E-state index in [-0.39, 0.29) is 0 Å². The molecule has 1 saturated carbocycles. The zero-order valence-electron chi connectivity index (χ0n) is 10.6. The van der Waals surface area contributed by atoms with Crippen LogP contribution in [0.2, 0.25) is 0 Å². The van der Waals surface area contributed by atoms with Crippen molar-refractivity contribution in [1.82, 2.24) is 4.98 Å². The fourth-order valence-electron chi connectivity index (χ4n) is 2.40. The molecule has 0 bridgehead atoms. The van der Waals surface area contributed by atoms with Crippen molar-refractivity contribution in [2.45, 2.75) is 30.4 Å². The van der Waals surface area contributed by atoms with Crippen LogP contribution in [0.3, 0.4) is 0 Å². The maximum Gasteiger partial charge on any atom is 0.126 e. The van der Waals surface area contributed by atoms with Crippen molar-refractivity contribution in [3.8, 4) is 0 Å². The van der Waals surface area contributed by atoms with E-state index in [2.05, 4.69) is 16.6 Å². The summed E-state index contributed by atoms with van der Waals surface area (Å²) in [6.45, 7) is 0.960. The average molecular weight is 281 g/mol. The minimum absolute atomic E-state index is 0.376. The lowest BCUT2D eigenvalue weighted by molar-refractivity contribution is 0.638. The van der Waals surface area contributed by atoms with Crippen LogP contribution in [0.1, 0.15) is 31.2 Å². The van der Waals surface area contributed by atoms with Crippen LogP contribution in [-0.4, -0.2) is 27.5 Å². The van der Waals surface area contributed by atoms with Crippen LogP contribution in [0.4, 0.5) is 5.82 Å². The Morgan fingerprint density at radius 3 is 2.89 bits per heavy atom. The summed E-state index contributed by atoms with van der Waals surface area (Å²) in [5, 5.41) is 3.43. The van der Waals surface area contributed by atoms with Crippen molar-refractivity contribution < 1.29 is 0 Å². The Balaban J connectivity index is 2.01. The van der Waals surface area contributed by atoms with Crippen molar-refractivity contribution in [1.29, 1.82) is 0 Å². The Labute approximate surface area is 118 Å². The standard InChI is InChI=1S/C13H19N3S2/c1-18-13(5-2-3-6-13)9-16-11-8-10(12(14)17)4-7-15-11/h4,7-8H,2-3,5-6,9H2,1H3,(H2,14,17)(H,15,16). The number of rotatable bonds is 5. The molecule has 5 heteroatoms. The number of hydrogen-bond acceptors (Lipinski definition) is 4. The zero-order valence-corrected chi connectivity index (χ0v) is 12.2. The second-order valence-electron chi connectivity index (χ2n) is 4.74. The van der Waals surface area contributed by atoms with E-state index in [4.69, 9.17) is 18.0 Å². The predicted molar refractivity (Wildman–Crippen MR) is 83.3 cm³/mol. The highest BCUT2D eigenvalue weighted by Crippen LogP contribution is 2.40. The molecule has 1 aromatic rings. The molecular weight excluding hydrogens is 262 g/mol. The van der Waals surface area contributed by atoms with Crippen LogP contribution < -0.4 is 11.1 Å². The van der Waals surface area contributed by atoms with E-state index < -0.39 is 0 Å². The van der Waals surface area contributed by atoms with Crippen LogP contribution in [0.5, 0.6) is 0 Å². The number of hydrogen-bond donors (Lipinski definition) is 2. The van der Waals surface area contributed by atoms with Crippen LogP contribution in [0.25, 0.3) is 0 Å². The highest BCUT2D eigenvalue weighted by molar-refractivity contribution is 8.00. The summed E-state index contributed by atoms with van der Waals surface area (Å²) in [7, 11) is 0.